The number of hydrogen-bond acceptors (Lipinski definition) is 4. The molecule has 2 bridgehead atoms. The number of benzene rings is 2. The number of halogens is 1. The number of methoxy groups -OCH3 is 1. The summed E-state index contributed by atoms with van der Waals surface area (Å²) in [4.78, 5) is 13.8. The summed E-state index contributed by atoms with van der Waals surface area (Å²) >= 11 is 9.10. The quantitative estimate of drug-likeness (QED) is 0.567. The molecular formula is C19H17BrN2O3S. The fourth-order valence-electron chi connectivity index (χ4n) is 3.60. The van der Waals surface area contributed by atoms with Crippen LogP contribution in [0.15, 0.2) is 46.9 Å². The number of ether oxygens (including phenoxy) is 2. The average Bonchev–Trinajstić information content (AvgIpc) is 2.61. The van der Waals surface area contributed by atoms with E-state index >= 15 is 0 Å². The zero-order chi connectivity index (χ0) is 18.5. The normalized spacial score (nSPS) is 23.6. The van der Waals surface area contributed by atoms with E-state index < -0.39 is 5.72 Å². The summed E-state index contributed by atoms with van der Waals surface area (Å²) in [6.07, 6.45) is 0.695. The maximum absolute atomic E-state index is 11.8. The predicted octanol–water partition coefficient (Wildman–Crippen LogP) is 4.17. The first-order valence-corrected chi connectivity index (χ1v) is 9.39. The topological polar surface area (TPSA) is 50.8 Å². The third-order valence-corrected chi connectivity index (χ3v) is 5.61. The number of fused-ring (bicyclic) bond motifs is 4. The lowest BCUT2D eigenvalue weighted by atomic mass is 9.89. The van der Waals surface area contributed by atoms with E-state index in [-0.39, 0.29) is 12.0 Å². The highest BCUT2D eigenvalue weighted by Gasteiger charge is 2.48. The van der Waals surface area contributed by atoms with E-state index in [1.165, 1.54) is 7.11 Å². The Balaban J connectivity index is 1.75. The summed E-state index contributed by atoms with van der Waals surface area (Å²) in [5, 5.41) is 3.99. The standard InChI is InChI=1S/C19H17BrN2O3S/c1-19-10-15(14-9-11(17(23)24-2)3-8-16(14)25-19)21-18(26)22(19)13-6-4-12(20)5-7-13/h3-9,15H,10H2,1-2H3,(H,21,26)/t15-,19-/m0/s1. The molecule has 2 heterocycles. The number of thiocarbonyl (C=S) groups is 1. The Morgan fingerprint density at radius 3 is 2.77 bits per heavy atom. The molecule has 1 fully saturated rings. The molecule has 2 aliphatic heterocycles. The van der Waals surface area contributed by atoms with Crippen molar-refractivity contribution >= 4 is 44.9 Å². The van der Waals surface area contributed by atoms with Crippen molar-refractivity contribution in [1.29, 1.82) is 0 Å². The number of nitrogens with one attached hydrogen (secondary N) is 1. The average molecular weight is 433 g/mol. The van der Waals surface area contributed by atoms with Crippen LogP contribution in [0.2, 0.25) is 0 Å². The Bertz CT molecular complexity index is 902. The zero-order valence-corrected chi connectivity index (χ0v) is 16.7. The van der Waals surface area contributed by atoms with Crippen molar-refractivity contribution in [1.82, 2.24) is 5.32 Å². The van der Waals surface area contributed by atoms with E-state index in [4.69, 9.17) is 21.7 Å². The van der Waals surface area contributed by atoms with Crippen molar-refractivity contribution in [3.05, 3.63) is 58.1 Å². The molecule has 7 heteroatoms. The highest BCUT2D eigenvalue weighted by molar-refractivity contribution is 9.10. The van der Waals surface area contributed by atoms with Gasteiger partial charge in [-0.15, -0.1) is 0 Å². The van der Waals surface area contributed by atoms with Gasteiger partial charge in [0.05, 0.1) is 18.7 Å². The third-order valence-electron chi connectivity index (χ3n) is 4.78. The summed E-state index contributed by atoms with van der Waals surface area (Å²) in [5.74, 6) is 0.379. The van der Waals surface area contributed by atoms with Gasteiger partial charge in [0.25, 0.3) is 0 Å². The maximum atomic E-state index is 11.8. The van der Waals surface area contributed by atoms with E-state index in [2.05, 4.69) is 21.2 Å². The molecule has 134 valence electrons. The highest BCUT2D eigenvalue weighted by Crippen LogP contribution is 2.45. The van der Waals surface area contributed by atoms with Gasteiger partial charge >= 0.3 is 5.97 Å². The highest BCUT2D eigenvalue weighted by atomic mass is 79.9. The van der Waals surface area contributed by atoms with Gasteiger partial charge in [-0.1, -0.05) is 15.9 Å². The summed E-state index contributed by atoms with van der Waals surface area (Å²) in [6, 6.07) is 13.3. The lowest BCUT2D eigenvalue weighted by Gasteiger charge is -2.52. The SMILES string of the molecule is COC(=O)c1ccc2c(c1)[C@@H]1C[C@](C)(O2)N(c2ccc(Br)cc2)C(=S)N1. The van der Waals surface area contributed by atoms with Crippen LogP contribution >= 0.6 is 28.1 Å². The molecule has 2 aromatic carbocycles. The predicted molar refractivity (Wildman–Crippen MR) is 107 cm³/mol. The molecule has 2 aromatic rings. The first kappa shape index (κ1) is 17.3. The van der Waals surface area contributed by atoms with Crippen LogP contribution in [0.25, 0.3) is 0 Å². The fraction of sp³-hybridized carbons (Fsp3) is 0.263. The van der Waals surface area contributed by atoms with Gasteiger partial charge in [0.15, 0.2) is 10.8 Å². The van der Waals surface area contributed by atoms with Crippen molar-refractivity contribution < 1.29 is 14.3 Å². The van der Waals surface area contributed by atoms with Crippen molar-refractivity contribution in [2.45, 2.75) is 25.1 Å². The second-order valence-electron chi connectivity index (χ2n) is 6.54. The lowest BCUT2D eigenvalue weighted by molar-refractivity contribution is 0.0494. The number of esters is 1. The molecular weight excluding hydrogens is 416 g/mol. The van der Waals surface area contributed by atoms with E-state index in [0.29, 0.717) is 17.1 Å². The van der Waals surface area contributed by atoms with Crippen LogP contribution in [-0.4, -0.2) is 23.9 Å². The van der Waals surface area contributed by atoms with Gasteiger partial charge in [0, 0.05) is 22.1 Å². The first-order chi connectivity index (χ1) is 12.4. The molecule has 0 aromatic heterocycles. The molecule has 0 saturated carbocycles. The van der Waals surface area contributed by atoms with Crippen LogP contribution < -0.4 is 15.0 Å². The molecule has 0 spiro atoms. The Morgan fingerprint density at radius 2 is 2.08 bits per heavy atom. The van der Waals surface area contributed by atoms with E-state index in [0.717, 1.165) is 21.5 Å². The minimum absolute atomic E-state index is 0.0208. The smallest absolute Gasteiger partial charge is 0.337 e. The summed E-state index contributed by atoms with van der Waals surface area (Å²) < 4.78 is 12.2. The van der Waals surface area contributed by atoms with Crippen LogP contribution in [0.1, 0.15) is 35.3 Å². The molecule has 4 rings (SSSR count). The third kappa shape index (κ3) is 2.75. The minimum Gasteiger partial charge on any atom is -0.467 e. The van der Waals surface area contributed by atoms with Gasteiger partial charge in [-0.05, 0) is 61.6 Å². The van der Waals surface area contributed by atoms with Crippen LogP contribution in [0.3, 0.4) is 0 Å². The van der Waals surface area contributed by atoms with E-state index in [1.807, 2.05) is 48.2 Å². The number of hydrogen-bond donors (Lipinski definition) is 1. The van der Waals surface area contributed by atoms with Crippen LogP contribution in [0.4, 0.5) is 5.69 Å². The number of nitrogens with zero attached hydrogens (tertiary/aromatic N) is 1. The number of carbonyl (C=O) groups excluding carboxylic acids is 1. The molecule has 1 saturated heterocycles. The number of rotatable bonds is 2. The monoisotopic (exact) mass is 432 g/mol. The van der Waals surface area contributed by atoms with Crippen molar-refractivity contribution in [2.75, 3.05) is 12.0 Å². The zero-order valence-electron chi connectivity index (χ0n) is 14.3. The molecule has 0 amide bonds. The second-order valence-corrected chi connectivity index (χ2v) is 7.84. The Hall–Kier alpha value is -2.12. The van der Waals surface area contributed by atoms with Gasteiger partial charge in [0.1, 0.15) is 5.75 Å². The molecule has 1 N–H and O–H groups in total. The van der Waals surface area contributed by atoms with Gasteiger partial charge < -0.3 is 14.8 Å². The lowest BCUT2D eigenvalue weighted by Crippen LogP contribution is -2.65. The molecule has 2 atom stereocenters. The molecule has 5 nitrogen and oxygen atoms in total. The largest absolute Gasteiger partial charge is 0.467 e. The molecule has 0 radical (unpaired) electrons. The van der Waals surface area contributed by atoms with Gasteiger partial charge in [-0.3, -0.25) is 4.90 Å². The van der Waals surface area contributed by atoms with Gasteiger partial charge in [0.2, 0.25) is 0 Å². The van der Waals surface area contributed by atoms with Crippen LogP contribution in [0, 0.1) is 0 Å². The first-order valence-electron chi connectivity index (χ1n) is 8.19. The van der Waals surface area contributed by atoms with Crippen LogP contribution in [-0.2, 0) is 4.74 Å². The second kappa shape index (κ2) is 6.25. The van der Waals surface area contributed by atoms with Gasteiger partial charge in [-0.2, -0.15) is 0 Å². The van der Waals surface area contributed by atoms with E-state index in [9.17, 15) is 4.79 Å². The molecule has 0 unspecified atom stereocenters. The van der Waals surface area contributed by atoms with Crippen molar-refractivity contribution in [3.8, 4) is 5.75 Å². The summed E-state index contributed by atoms with van der Waals surface area (Å²) in [7, 11) is 1.37. The van der Waals surface area contributed by atoms with Gasteiger partial charge in [-0.25, -0.2) is 4.79 Å². The van der Waals surface area contributed by atoms with Crippen molar-refractivity contribution in [2.24, 2.45) is 0 Å². The Labute approximate surface area is 165 Å². The molecule has 26 heavy (non-hydrogen) atoms. The molecule has 0 aliphatic carbocycles. The molecule has 2 aliphatic rings. The summed E-state index contributed by atoms with van der Waals surface area (Å²) in [5.41, 5.74) is 1.77. The Morgan fingerprint density at radius 1 is 1.35 bits per heavy atom. The fourth-order valence-corrected chi connectivity index (χ4v) is 4.31. The number of carbonyl (C=O) groups is 1. The maximum Gasteiger partial charge on any atom is 0.337 e. The van der Waals surface area contributed by atoms with Crippen molar-refractivity contribution in [3.63, 3.8) is 0 Å². The number of anilines is 1. The van der Waals surface area contributed by atoms with Crippen LogP contribution in [0.5, 0.6) is 5.75 Å². The Kier molecular flexibility index (Phi) is 4.16. The minimum atomic E-state index is -0.611. The summed E-state index contributed by atoms with van der Waals surface area (Å²) in [6.45, 7) is 2.03. The van der Waals surface area contributed by atoms with E-state index in [1.54, 1.807) is 6.07 Å².